The van der Waals surface area contributed by atoms with E-state index >= 15 is 0 Å². The van der Waals surface area contributed by atoms with Crippen molar-refractivity contribution in [1.29, 1.82) is 0 Å². The summed E-state index contributed by atoms with van der Waals surface area (Å²) < 4.78 is 0. The molecule has 0 saturated carbocycles. The predicted octanol–water partition coefficient (Wildman–Crippen LogP) is 1.28. The van der Waals surface area contributed by atoms with Crippen molar-refractivity contribution in [3.8, 4) is 0 Å². The first-order valence-corrected chi connectivity index (χ1v) is 4.97. The van der Waals surface area contributed by atoms with E-state index in [-0.39, 0.29) is 11.3 Å². The van der Waals surface area contributed by atoms with Crippen molar-refractivity contribution in [3.05, 3.63) is 0 Å². The van der Waals surface area contributed by atoms with E-state index in [4.69, 9.17) is 5.73 Å². The molecule has 3 heteroatoms. The molecule has 0 atom stereocenters. The lowest BCUT2D eigenvalue weighted by atomic mass is 9.96. The summed E-state index contributed by atoms with van der Waals surface area (Å²) in [6, 6.07) is 0. The number of hydrogen-bond acceptors (Lipinski definition) is 2. The van der Waals surface area contributed by atoms with Crippen LogP contribution in [0.4, 0.5) is 0 Å². The van der Waals surface area contributed by atoms with E-state index < -0.39 is 0 Å². The second kappa shape index (κ2) is 5.97. The van der Waals surface area contributed by atoms with Crippen molar-refractivity contribution in [2.45, 2.75) is 40.0 Å². The zero-order valence-corrected chi connectivity index (χ0v) is 9.02. The van der Waals surface area contributed by atoms with Gasteiger partial charge in [0.1, 0.15) is 0 Å². The molecule has 0 aromatic carbocycles. The molecule has 0 fully saturated rings. The number of carbonyl (C=O) groups excluding carboxylic acids is 1. The number of amides is 1. The van der Waals surface area contributed by atoms with E-state index in [9.17, 15) is 4.79 Å². The molecule has 0 bridgehead atoms. The van der Waals surface area contributed by atoms with Gasteiger partial charge < -0.3 is 11.1 Å². The molecule has 0 aromatic rings. The van der Waals surface area contributed by atoms with Gasteiger partial charge in [-0.3, -0.25) is 4.79 Å². The van der Waals surface area contributed by atoms with Crippen LogP contribution in [-0.4, -0.2) is 19.0 Å². The number of nitrogens with two attached hydrogens (primary N) is 1. The van der Waals surface area contributed by atoms with E-state index in [1.54, 1.807) is 0 Å². The Balaban J connectivity index is 3.38. The summed E-state index contributed by atoms with van der Waals surface area (Å²) in [6.45, 7) is 7.27. The van der Waals surface area contributed by atoms with Gasteiger partial charge in [0.2, 0.25) is 5.91 Å². The number of nitrogens with one attached hydrogen (secondary N) is 1. The van der Waals surface area contributed by atoms with Crippen LogP contribution in [0.1, 0.15) is 40.0 Å². The van der Waals surface area contributed by atoms with Gasteiger partial charge in [0.15, 0.2) is 0 Å². The fourth-order valence-corrected chi connectivity index (χ4v) is 0.913. The summed E-state index contributed by atoms with van der Waals surface area (Å²) in [6.07, 6.45) is 3.17. The molecule has 0 aliphatic rings. The van der Waals surface area contributed by atoms with Crippen LogP contribution in [0.25, 0.3) is 0 Å². The number of hydrogen-bond donors (Lipinski definition) is 2. The minimum atomic E-state index is -0.270. The summed E-state index contributed by atoms with van der Waals surface area (Å²) in [7, 11) is 0. The third-order valence-corrected chi connectivity index (χ3v) is 1.85. The Hall–Kier alpha value is -0.570. The second-order valence-electron chi connectivity index (χ2n) is 4.36. The van der Waals surface area contributed by atoms with Gasteiger partial charge in [0.25, 0.3) is 0 Å². The largest absolute Gasteiger partial charge is 0.356 e. The Morgan fingerprint density at radius 2 is 1.85 bits per heavy atom. The van der Waals surface area contributed by atoms with Crippen LogP contribution in [0.15, 0.2) is 0 Å². The van der Waals surface area contributed by atoms with Crippen LogP contribution in [-0.2, 0) is 4.79 Å². The normalized spacial score (nSPS) is 11.4. The summed E-state index contributed by atoms with van der Waals surface area (Å²) in [5.41, 5.74) is 5.08. The molecule has 0 heterocycles. The maximum absolute atomic E-state index is 11.4. The van der Waals surface area contributed by atoms with Gasteiger partial charge in [-0.1, -0.05) is 27.2 Å². The zero-order valence-electron chi connectivity index (χ0n) is 9.02. The van der Waals surface area contributed by atoms with Crippen molar-refractivity contribution < 1.29 is 4.79 Å². The maximum atomic E-state index is 11.4. The highest BCUT2D eigenvalue weighted by Gasteiger charge is 2.19. The molecule has 3 N–H and O–H groups in total. The SMILES string of the molecule is CC(C)(C)C(=O)NCCCCCN. The summed E-state index contributed by atoms with van der Waals surface area (Å²) in [5, 5.41) is 2.90. The van der Waals surface area contributed by atoms with Gasteiger partial charge >= 0.3 is 0 Å². The van der Waals surface area contributed by atoms with Crippen LogP contribution >= 0.6 is 0 Å². The molecule has 13 heavy (non-hydrogen) atoms. The van der Waals surface area contributed by atoms with E-state index in [1.807, 2.05) is 20.8 Å². The molecule has 1 amide bonds. The minimum Gasteiger partial charge on any atom is -0.356 e. The molecule has 0 saturated heterocycles. The average Bonchev–Trinajstić information content (AvgIpc) is 2.02. The highest BCUT2D eigenvalue weighted by Crippen LogP contribution is 2.12. The summed E-state index contributed by atoms with van der Waals surface area (Å²) in [5.74, 6) is 0.125. The Kier molecular flexibility index (Phi) is 5.71. The minimum absolute atomic E-state index is 0.125. The monoisotopic (exact) mass is 186 g/mol. The van der Waals surface area contributed by atoms with Gasteiger partial charge in [0, 0.05) is 12.0 Å². The first-order valence-electron chi connectivity index (χ1n) is 4.97. The molecular weight excluding hydrogens is 164 g/mol. The third-order valence-electron chi connectivity index (χ3n) is 1.85. The number of unbranched alkanes of at least 4 members (excludes halogenated alkanes) is 2. The number of carbonyl (C=O) groups is 1. The Morgan fingerprint density at radius 1 is 1.23 bits per heavy atom. The lowest BCUT2D eigenvalue weighted by molar-refractivity contribution is -0.128. The van der Waals surface area contributed by atoms with Crippen LogP contribution in [0.3, 0.4) is 0 Å². The van der Waals surface area contributed by atoms with Crippen molar-refractivity contribution >= 4 is 5.91 Å². The van der Waals surface area contributed by atoms with E-state index in [1.165, 1.54) is 0 Å². The quantitative estimate of drug-likeness (QED) is 0.635. The molecule has 0 unspecified atom stereocenters. The molecule has 3 nitrogen and oxygen atoms in total. The van der Waals surface area contributed by atoms with Gasteiger partial charge in [-0.2, -0.15) is 0 Å². The molecule has 0 spiro atoms. The fraction of sp³-hybridized carbons (Fsp3) is 0.900. The van der Waals surface area contributed by atoms with Crippen molar-refractivity contribution in [3.63, 3.8) is 0 Å². The smallest absolute Gasteiger partial charge is 0.225 e. The van der Waals surface area contributed by atoms with Crippen LogP contribution in [0.5, 0.6) is 0 Å². The lowest BCUT2D eigenvalue weighted by Gasteiger charge is -2.17. The molecule has 0 radical (unpaired) electrons. The topological polar surface area (TPSA) is 55.1 Å². The predicted molar refractivity (Wildman–Crippen MR) is 55.4 cm³/mol. The molecule has 78 valence electrons. The first kappa shape index (κ1) is 12.4. The second-order valence-corrected chi connectivity index (χ2v) is 4.36. The standard InChI is InChI=1S/C10H22N2O/c1-10(2,3)9(13)12-8-6-4-5-7-11/h4-8,11H2,1-3H3,(H,12,13). The Morgan fingerprint density at radius 3 is 2.31 bits per heavy atom. The number of rotatable bonds is 5. The van der Waals surface area contributed by atoms with Crippen LogP contribution in [0, 0.1) is 5.41 Å². The Labute approximate surface area is 81.1 Å². The van der Waals surface area contributed by atoms with Crippen LogP contribution in [0.2, 0.25) is 0 Å². The molecule has 0 aliphatic heterocycles. The van der Waals surface area contributed by atoms with Gasteiger partial charge in [-0.15, -0.1) is 0 Å². The van der Waals surface area contributed by atoms with Crippen molar-refractivity contribution in [2.75, 3.05) is 13.1 Å². The zero-order chi connectivity index (χ0) is 10.3. The first-order chi connectivity index (χ1) is 5.98. The van der Waals surface area contributed by atoms with Gasteiger partial charge in [-0.05, 0) is 19.4 Å². The third kappa shape index (κ3) is 6.58. The maximum Gasteiger partial charge on any atom is 0.225 e. The fourth-order valence-electron chi connectivity index (χ4n) is 0.913. The average molecular weight is 186 g/mol. The van der Waals surface area contributed by atoms with Gasteiger partial charge in [0.05, 0.1) is 0 Å². The van der Waals surface area contributed by atoms with E-state index in [0.717, 1.165) is 32.4 Å². The van der Waals surface area contributed by atoms with Gasteiger partial charge in [-0.25, -0.2) is 0 Å². The summed E-state index contributed by atoms with van der Waals surface area (Å²) in [4.78, 5) is 11.4. The van der Waals surface area contributed by atoms with Crippen LogP contribution < -0.4 is 11.1 Å². The Bertz CT molecular complexity index is 149. The highest BCUT2D eigenvalue weighted by molar-refractivity contribution is 5.81. The molecule has 0 aromatic heterocycles. The molecule has 0 aliphatic carbocycles. The molecule has 0 rings (SSSR count). The lowest BCUT2D eigenvalue weighted by Crippen LogP contribution is -2.35. The van der Waals surface area contributed by atoms with Crippen molar-refractivity contribution in [2.24, 2.45) is 11.1 Å². The highest BCUT2D eigenvalue weighted by atomic mass is 16.2. The van der Waals surface area contributed by atoms with E-state index in [2.05, 4.69) is 5.32 Å². The van der Waals surface area contributed by atoms with Crippen molar-refractivity contribution in [1.82, 2.24) is 5.32 Å². The van der Waals surface area contributed by atoms with E-state index in [0.29, 0.717) is 0 Å². The molecular formula is C10H22N2O. The summed E-state index contributed by atoms with van der Waals surface area (Å²) >= 11 is 0.